The molecule has 0 radical (unpaired) electrons. The van der Waals surface area contributed by atoms with Crippen LogP contribution >= 0.6 is 0 Å². The van der Waals surface area contributed by atoms with Gasteiger partial charge in [0.15, 0.2) is 0 Å². The number of methoxy groups -OCH3 is 1. The average molecular weight is 200 g/mol. The minimum Gasteiger partial charge on any atom is -0.469 e. The van der Waals surface area contributed by atoms with E-state index in [-0.39, 0.29) is 5.97 Å². The van der Waals surface area contributed by atoms with Gasteiger partial charge in [0, 0.05) is 0 Å². The van der Waals surface area contributed by atoms with Crippen LogP contribution in [0.2, 0.25) is 0 Å². The first kappa shape index (κ1) is 11.5. The topological polar surface area (TPSA) is 46.5 Å². The molecule has 3 unspecified atom stereocenters. The Labute approximate surface area is 85.5 Å². The zero-order valence-corrected chi connectivity index (χ0v) is 9.25. The molecule has 0 amide bonds. The lowest BCUT2D eigenvalue weighted by molar-refractivity contribution is -0.158. The fraction of sp³-hybridized carbons (Fsp3) is 0.909. The Balaban J connectivity index is 2.67. The third-order valence-electron chi connectivity index (χ3n) is 3.37. The van der Waals surface area contributed by atoms with E-state index in [1.54, 1.807) is 6.92 Å². The number of esters is 1. The first-order valence-electron chi connectivity index (χ1n) is 5.30. The molecule has 0 heterocycles. The zero-order valence-electron chi connectivity index (χ0n) is 9.25. The van der Waals surface area contributed by atoms with Gasteiger partial charge < -0.3 is 9.84 Å². The SMILES string of the molecule is COC(=O)C(C)C1(O)CCCC(C)C1. The maximum atomic E-state index is 11.3. The molecule has 0 aliphatic heterocycles. The summed E-state index contributed by atoms with van der Waals surface area (Å²) in [5.41, 5.74) is -0.843. The van der Waals surface area contributed by atoms with Crippen LogP contribution in [0.1, 0.15) is 39.5 Å². The van der Waals surface area contributed by atoms with Crippen LogP contribution in [0, 0.1) is 11.8 Å². The predicted molar refractivity (Wildman–Crippen MR) is 53.8 cm³/mol. The van der Waals surface area contributed by atoms with Gasteiger partial charge in [-0.3, -0.25) is 4.79 Å². The number of hydrogen-bond acceptors (Lipinski definition) is 3. The molecule has 1 aliphatic rings. The van der Waals surface area contributed by atoms with E-state index >= 15 is 0 Å². The smallest absolute Gasteiger partial charge is 0.311 e. The number of carbonyl (C=O) groups excluding carboxylic acids is 1. The van der Waals surface area contributed by atoms with Crippen LogP contribution in [0.15, 0.2) is 0 Å². The van der Waals surface area contributed by atoms with Gasteiger partial charge in [0.1, 0.15) is 0 Å². The maximum Gasteiger partial charge on any atom is 0.311 e. The second-order valence-electron chi connectivity index (χ2n) is 4.55. The van der Waals surface area contributed by atoms with Crippen LogP contribution < -0.4 is 0 Å². The van der Waals surface area contributed by atoms with Crippen molar-refractivity contribution in [3.63, 3.8) is 0 Å². The van der Waals surface area contributed by atoms with Gasteiger partial charge in [0.05, 0.1) is 18.6 Å². The molecule has 14 heavy (non-hydrogen) atoms. The van der Waals surface area contributed by atoms with Crippen molar-refractivity contribution in [2.24, 2.45) is 11.8 Å². The Kier molecular flexibility index (Phi) is 3.53. The molecule has 1 aliphatic carbocycles. The Morgan fingerprint density at radius 2 is 2.29 bits per heavy atom. The summed E-state index contributed by atoms with van der Waals surface area (Å²) in [6.07, 6.45) is 3.58. The second-order valence-corrected chi connectivity index (χ2v) is 4.55. The van der Waals surface area contributed by atoms with Gasteiger partial charge in [-0.15, -0.1) is 0 Å². The van der Waals surface area contributed by atoms with Crippen LogP contribution in [0.4, 0.5) is 0 Å². The van der Waals surface area contributed by atoms with Gasteiger partial charge in [0.2, 0.25) is 0 Å². The molecule has 1 fully saturated rings. The molecule has 0 saturated heterocycles. The van der Waals surface area contributed by atoms with Gasteiger partial charge in [-0.05, 0) is 25.7 Å². The van der Waals surface area contributed by atoms with Crippen molar-refractivity contribution in [1.82, 2.24) is 0 Å². The van der Waals surface area contributed by atoms with Crippen LogP contribution in [0.5, 0.6) is 0 Å². The monoisotopic (exact) mass is 200 g/mol. The Hall–Kier alpha value is -0.570. The van der Waals surface area contributed by atoms with Crippen molar-refractivity contribution >= 4 is 5.97 Å². The number of aliphatic hydroxyl groups is 1. The lowest BCUT2D eigenvalue weighted by atomic mass is 9.72. The first-order valence-corrected chi connectivity index (χ1v) is 5.30. The fourth-order valence-electron chi connectivity index (χ4n) is 2.35. The minimum absolute atomic E-state index is 0.304. The Bertz CT molecular complexity index is 215. The van der Waals surface area contributed by atoms with Crippen LogP contribution in [0.25, 0.3) is 0 Å². The number of hydrogen-bond donors (Lipinski definition) is 1. The van der Waals surface area contributed by atoms with Crippen LogP contribution in [-0.2, 0) is 9.53 Å². The summed E-state index contributed by atoms with van der Waals surface area (Å²) in [5, 5.41) is 10.3. The number of ether oxygens (including phenoxy) is 1. The third kappa shape index (κ3) is 2.27. The molecule has 82 valence electrons. The zero-order chi connectivity index (χ0) is 10.8. The van der Waals surface area contributed by atoms with Crippen molar-refractivity contribution in [2.75, 3.05) is 7.11 Å². The fourth-order valence-corrected chi connectivity index (χ4v) is 2.35. The van der Waals surface area contributed by atoms with Crippen molar-refractivity contribution in [2.45, 2.75) is 45.1 Å². The highest BCUT2D eigenvalue weighted by Crippen LogP contribution is 2.37. The molecule has 0 spiro atoms. The van der Waals surface area contributed by atoms with E-state index in [1.165, 1.54) is 7.11 Å². The van der Waals surface area contributed by atoms with Gasteiger partial charge in [-0.1, -0.05) is 19.8 Å². The summed E-state index contributed by atoms with van der Waals surface area (Å²) in [6.45, 7) is 3.87. The second kappa shape index (κ2) is 4.30. The highest BCUT2D eigenvalue weighted by molar-refractivity contribution is 5.73. The summed E-state index contributed by atoms with van der Waals surface area (Å²) in [5.74, 6) is -0.210. The molecule has 0 bridgehead atoms. The van der Waals surface area contributed by atoms with E-state index in [0.29, 0.717) is 18.8 Å². The lowest BCUT2D eigenvalue weighted by Gasteiger charge is -2.38. The Morgan fingerprint density at radius 3 is 2.79 bits per heavy atom. The Morgan fingerprint density at radius 1 is 1.64 bits per heavy atom. The molecule has 3 atom stereocenters. The largest absolute Gasteiger partial charge is 0.469 e. The quantitative estimate of drug-likeness (QED) is 0.691. The standard InChI is InChI=1S/C11H20O3/c1-8-5-4-6-11(13,7-8)9(2)10(12)14-3/h8-9,13H,4-7H2,1-3H3. The summed E-state index contributed by atoms with van der Waals surface area (Å²) in [7, 11) is 1.37. The molecular formula is C11H20O3. The van der Waals surface area contributed by atoms with Gasteiger partial charge in [-0.2, -0.15) is 0 Å². The van der Waals surface area contributed by atoms with Gasteiger partial charge in [-0.25, -0.2) is 0 Å². The molecule has 1 N–H and O–H groups in total. The molecule has 1 rings (SSSR count). The van der Waals surface area contributed by atoms with Crippen LogP contribution in [-0.4, -0.2) is 23.8 Å². The molecule has 0 aromatic carbocycles. The van der Waals surface area contributed by atoms with Crippen molar-refractivity contribution in [3.8, 4) is 0 Å². The summed E-state index contributed by atoms with van der Waals surface area (Å²) in [6, 6.07) is 0. The first-order chi connectivity index (χ1) is 6.49. The highest BCUT2D eigenvalue weighted by atomic mass is 16.5. The average Bonchev–Trinajstić information content (AvgIpc) is 2.15. The van der Waals surface area contributed by atoms with Gasteiger partial charge >= 0.3 is 5.97 Å². The van der Waals surface area contributed by atoms with E-state index in [0.717, 1.165) is 12.8 Å². The van der Waals surface area contributed by atoms with Crippen LogP contribution in [0.3, 0.4) is 0 Å². The van der Waals surface area contributed by atoms with E-state index < -0.39 is 11.5 Å². The van der Waals surface area contributed by atoms with Gasteiger partial charge in [0.25, 0.3) is 0 Å². The van der Waals surface area contributed by atoms with E-state index in [2.05, 4.69) is 11.7 Å². The molecule has 3 heteroatoms. The van der Waals surface area contributed by atoms with Crippen molar-refractivity contribution < 1.29 is 14.6 Å². The summed E-state index contributed by atoms with van der Waals surface area (Å²) in [4.78, 5) is 11.3. The third-order valence-corrected chi connectivity index (χ3v) is 3.37. The molecule has 3 nitrogen and oxygen atoms in total. The number of carbonyl (C=O) groups is 1. The molecule has 0 aromatic heterocycles. The normalized spacial score (nSPS) is 35.0. The van der Waals surface area contributed by atoms with Crippen molar-refractivity contribution in [3.05, 3.63) is 0 Å². The number of rotatable bonds is 2. The van der Waals surface area contributed by atoms with E-state index in [1.807, 2.05) is 0 Å². The van der Waals surface area contributed by atoms with Crippen molar-refractivity contribution in [1.29, 1.82) is 0 Å². The predicted octanol–water partition coefficient (Wildman–Crippen LogP) is 1.74. The summed E-state index contributed by atoms with van der Waals surface area (Å²) < 4.78 is 4.67. The highest BCUT2D eigenvalue weighted by Gasteiger charge is 2.41. The van der Waals surface area contributed by atoms with E-state index in [4.69, 9.17) is 0 Å². The molecular weight excluding hydrogens is 180 g/mol. The minimum atomic E-state index is -0.843. The molecule has 0 aromatic rings. The maximum absolute atomic E-state index is 11.3. The molecule has 1 saturated carbocycles. The van der Waals surface area contributed by atoms with E-state index in [9.17, 15) is 9.90 Å². The lowest BCUT2D eigenvalue weighted by Crippen LogP contribution is -2.44. The summed E-state index contributed by atoms with van der Waals surface area (Å²) >= 11 is 0.